The average molecular weight is 190 g/mol. The van der Waals surface area contributed by atoms with Gasteiger partial charge in [-0.3, -0.25) is 4.68 Å². The second kappa shape index (κ2) is 3.81. The first-order valence-electron chi connectivity index (χ1n) is 4.98. The van der Waals surface area contributed by atoms with Crippen molar-refractivity contribution in [3.63, 3.8) is 0 Å². The zero-order chi connectivity index (χ0) is 9.97. The van der Waals surface area contributed by atoms with Gasteiger partial charge in [0.1, 0.15) is 6.07 Å². The van der Waals surface area contributed by atoms with Crippen LogP contribution in [-0.4, -0.2) is 22.9 Å². The van der Waals surface area contributed by atoms with E-state index in [0.29, 0.717) is 11.6 Å². The van der Waals surface area contributed by atoms with Gasteiger partial charge in [0.2, 0.25) is 0 Å². The molecule has 0 unspecified atom stereocenters. The molecule has 4 nitrogen and oxygen atoms in total. The van der Waals surface area contributed by atoms with Gasteiger partial charge in [0.25, 0.3) is 0 Å². The molecule has 1 saturated heterocycles. The minimum Gasteiger partial charge on any atom is -0.317 e. The number of hydrogen-bond donors (Lipinski definition) is 1. The molecule has 0 amide bonds. The van der Waals surface area contributed by atoms with E-state index in [2.05, 4.69) is 16.5 Å². The van der Waals surface area contributed by atoms with E-state index in [0.717, 1.165) is 31.6 Å². The minimum absolute atomic E-state index is 0.469. The summed E-state index contributed by atoms with van der Waals surface area (Å²) in [5.41, 5.74) is 1.54. The number of aromatic nitrogens is 2. The third kappa shape index (κ3) is 1.64. The van der Waals surface area contributed by atoms with Crippen LogP contribution in [-0.2, 0) is 0 Å². The highest BCUT2D eigenvalue weighted by molar-refractivity contribution is 5.29. The molecule has 1 aromatic heterocycles. The molecule has 0 spiro atoms. The molecule has 0 aromatic carbocycles. The van der Waals surface area contributed by atoms with Crippen LogP contribution in [0.25, 0.3) is 0 Å². The third-order valence-electron chi connectivity index (χ3n) is 2.72. The second-order valence-electron chi connectivity index (χ2n) is 3.70. The Kier molecular flexibility index (Phi) is 2.51. The van der Waals surface area contributed by atoms with Crippen LogP contribution in [0.2, 0.25) is 0 Å². The van der Waals surface area contributed by atoms with Crippen LogP contribution in [0, 0.1) is 18.3 Å². The van der Waals surface area contributed by atoms with Crippen molar-refractivity contribution in [2.24, 2.45) is 0 Å². The SMILES string of the molecule is Cc1nn(C2CCNCC2)cc1C#N. The summed E-state index contributed by atoms with van der Waals surface area (Å²) in [6.45, 7) is 3.98. The molecular formula is C10H14N4. The third-order valence-corrected chi connectivity index (χ3v) is 2.72. The fourth-order valence-corrected chi connectivity index (χ4v) is 1.85. The molecule has 0 aliphatic carbocycles. The maximum atomic E-state index is 8.81. The normalized spacial score (nSPS) is 18.0. The molecule has 0 atom stereocenters. The summed E-state index contributed by atoms with van der Waals surface area (Å²) in [5, 5.41) is 16.5. The Labute approximate surface area is 83.5 Å². The number of aryl methyl sites for hydroxylation is 1. The monoisotopic (exact) mass is 190 g/mol. The van der Waals surface area contributed by atoms with Crippen LogP contribution in [0.5, 0.6) is 0 Å². The zero-order valence-corrected chi connectivity index (χ0v) is 8.32. The van der Waals surface area contributed by atoms with Crippen LogP contribution in [0.3, 0.4) is 0 Å². The molecule has 74 valence electrons. The summed E-state index contributed by atoms with van der Waals surface area (Å²) in [6.07, 6.45) is 4.07. The molecule has 0 radical (unpaired) electrons. The summed E-state index contributed by atoms with van der Waals surface area (Å²) in [4.78, 5) is 0. The molecule has 14 heavy (non-hydrogen) atoms. The maximum Gasteiger partial charge on any atom is 0.103 e. The van der Waals surface area contributed by atoms with Crippen molar-refractivity contribution >= 4 is 0 Å². The number of rotatable bonds is 1. The van der Waals surface area contributed by atoms with Crippen molar-refractivity contribution in [2.75, 3.05) is 13.1 Å². The summed E-state index contributed by atoms with van der Waals surface area (Å²) < 4.78 is 1.95. The van der Waals surface area contributed by atoms with E-state index in [1.807, 2.05) is 17.8 Å². The molecular weight excluding hydrogens is 176 g/mol. The fraction of sp³-hybridized carbons (Fsp3) is 0.600. The Bertz CT molecular complexity index is 355. The Morgan fingerprint density at radius 2 is 2.29 bits per heavy atom. The molecule has 2 rings (SSSR count). The van der Waals surface area contributed by atoms with E-state index in [1.54, 1.807) is 0 Å². The van der Waals surface area contributed by atoms with Gasteiger partial charge in [0, 0.05) is 6.20 Å². The molecule has 1 fully saturated rings. The minimum atomic E-state index is 0.469. The van der Waals surface area contributed by atoms with Gasteiger partial charge in [0.05, 0.1) is 17.3 Å². The lowest BCUT2D eigenvalue weighted by Crippen LogP contribution is -2.29. The summed E-state index contributed by atoms with van der Waals surface area (Å²) >= 11 is 0. The first-order valence-corrected chi connectivity index (χ1v) is 4.98. The van der Waals surface area contributed by atoms with Crippen molar-refractivity contribution in [1.82, 2.24) is 15.1 Å². The van der Waals surface area contributed by atoms with Gasteiger partial charge in [-0.15, -0.1) is 0 Å². The highest BCUT2D eigenvalue weighted by atomic mass is 15.3. The van der Waals surface area contributed by atoms with Crippen LogP contribution >= 0.6 is 0 Å². The van der Waals surface area contributed by atoms with E-state index in [1.165, 1.54) is 0 Å². The Morgan fingerprint density at radius 1 is 1.57 bits per heavy atom. The van der Waals surface area contributed by atoms with Gasteiger partial charge in [-0.2, -0.15) is 10.4 Å². The number of nitriles is 1. The summed E-state index contributed by atoms with van der Waals surface area (Å²) in [5.74, 6) is 0. The lowest BCUT2D eigenvalue weighted by atomic mass is 10.1. The van der Waals surface area contributed by atoms with Crippen LogP contribution < -0.4 is 5.32 Å². The molecule has 4 heteroatoms. The van der Waals surface area contributed by atoms with Gasteiger partial charge in [0.15, 0.2) is 0 Å². The van der Waals surface area contributed by atoms with E-state index < -0.39 is 0 Å². The number of nitrogens with zero attached hydrogens (tertiary/aromatic N) is 3. The lowest BCUT2D eigenvalue weighted by molar-refractivity contribution is 0.342. The highest BCUT2D eigenvalue weighted by Crippen LogP contribution is 2.18. The quantitative estimate of drug-likeness (QED) is 0.718. The van der Waals surface area contributed by atoms with Gasteiger partial charge < -0.3 is 5.32 Å². The second-order valence-corrected chi connectivity index (χ2v) is 3.70. The molecule has 1 aromatic rings. The van der Waals surface area contributed by atoms with Crippen molar-refractivity contribution in [2.45, 2.75) is 25.8 Å². The smallest absolute Gasteiger partial charge is 0.103 e. The summed E-state index contributed by atoms with van der Waals surface area (Å²) in [7, 11) is 0. The summed E-state index contributed by atoms with van der Waals surface area (Å²) in [6, 6.07) is 2.63. The fourth-order valence-electron chi connectivity index (χ4n) is 1.85. The van der Waals surface area contributed by atoms with Gasteiger partial charge in [-0.1, -0.05) is 0 Å². The van der Waals surface area contributed by atoms with E-state index >= 15 is 0 Å². The van der Waals surface area contributed by atoms with Gasteiger partial charge >= 0.3 is 0 Å². The highest BCUT2D eigenvalue weighted by Gasteiger charge is 2.16. The standard InChI is InChI=1S/C10H14N4/c1-8-9(6-11)7-14(13-8)10-2-4-12-5-3-10/h7,10,12H,2-5H2,1H3. The molecule has 1 N–H and O–H groups in total. The molecule has 0 bridgehead atoms. The largest absolute Gasteiger partial charge is 0.317 e. The lowest BCUT2D eigenvalue weighted by Gasteiger charge is -2.22. The van der Waals surface area contributed by atoms with Gasteiger partial charge in [-0.25, -0.2) is 0 Å². The predicted molar refractivity (Wildman–Crippen MR) is 52.8 cm³/mol. The Morgan fingerprint density at radius 3 is 2.86 bits per heavy atom. The molecule has 1 aliphatic heterocycles. The first kappa shape index (κ1) is 9.22. The van der Waals surface area contributed by atoms with E-state index in [4.69, 9.17) is 5.26 Å². The number of nitrogens with one attached hydrogen (secondary N) is 1. The van der Waals surface area contributed by atoms with Crippen molar-refractivity contribution < 1.29 is 0 Å². The predicted octanol–water partition coefficient (Wildman–Crippen LogP) is 0.988. The Balaban J connectivity index is 2.19. The van der Waals surface area contributed by atoms with Crippen molar-refractivity contribution in [1.29, 1.82) is 5.26 Å². The van der Waals surface area contributed by atoms with Crippen LogP contribution in [0.15, 0.2) is 6.20 Å². The zero-order valence-electron chi connectivity index (χ0n) is 8.32. The Hall–Kier alpha value is -1.34. The molecule has 2 heterocycles. The molecule has 0 saturated carbocycles. The number of hydrogen-bond acceptors (Lipinski definition) is 3. The maximum absolute atomic E-state index is 8.81. The topological polar surface area (TPSA) is 53.6 Å². The average Bonchev–Trinajstić information content (AvgIpc) is 2.61. The first-order chi connectivity index (χ1) is 6.81. The van der Waals surface area contributed by atoms with Crippen LogP contribution in [0.4, 0.5) is 0 Å². The van der Waals surface area contributed by atoms with Crippen molar-refractivity contribution in [3.05, 3.63) is 17.5 Å². The number of piperidine rings is 1. The van der Waals surface area contributed by atoms with E-state index in [-0.39, 0.29) is 0 Å². The molecule has 1 aliphatic rings. The van der Waals surface area contributed by atoms with Crippen molar-refractivity contribution in [3.8, 4) is 6.07 Å². The van der Waals surface area contributed by atoms with Gasteiger partial charge in [-0.05, 0) is 32.9 Å². The van der Waals surface area contributed by atoms with E-state index in [9.17, 15) is 0 Å². The van der Waals surface area contributed by atoms with Crippen LogP contribution in [0.1, 0.15) is 30.1 Å².